The highest BCUT2D eigenvalue weighted by atomic mass is 32.1. The minimum absolute atomic E-state index is 0.147. The first-order valence-electron chi connectivity index (χ1n) is 8.09. The van der Waals surface area contributed by atoms with Crippen molar-refractivity contribution in [1.82, 2.24) is 10.3 Å². The molecule has 2 aromatic carbocycles. The number of nitrogens with zero attached hydrogens (tertiary/aromatic N) is 3. The summed E-state index contributed by atoms with van der Waals surface area (Å²) >= 11 is 1.42. The van der Waals surface area contributed by atoms with E-state index in [2.05, 4.69) is 10.3 Å². The number of aryl methyl sites for hydroxylation is 1. The Kier molecular flexibility index (Phi) is 5.41. The summed E-state index contributed by atoms with van der Waals surface area (Å²) in [7, 11) is 0. The molecule has 0 bridgehead atoms. The smallest absolute Gasteiger partial charge is 0.277 e. The van der Waals surface area contributed by atoms with Crippen molar-refractivity contribution in [2.45, 2.75) is 13.5 Å². The van der Waals surface area contributed by atoms with Crippen LogP contribution in [-0.4, -0.2) is 20.7 Å². The number of nitro groups is 2. The van der Waals surface area contributed by atoms with Gasteiger partial charge < -0.3 is 5.32 Å². The van der Waals surface area contributed by atoms with E-state index in [0.717, 1.165) is 39.3 Å². The lowest BCUT2D eigenvalue weighted by Gasteiger charge is -2.04. The van der Waals surface area contributed by atoms with Gasteiger partial charge in [-0.15, -0.1) is 11.3 Å². The Hall–Kier alpha value is -3.66. The van der Waals surface area contributed by atoms with Gasteiger partial charge in [0.1, 0.15) is 5.01 Å². The first-order valence-corrected chi connectivity index (χ1v) is 8.90. The second kappa shape index (κ2) is 7.92. The maximum absolute atomic E-state index is 12.4. The van der Waals surface area contributed by atoms with Crippen molar-refractivity contribution in [3.05, 3.63) is 84.9 Å². The van der Waals surface area contributed by atoms with Crippen molar-refractivity contribution in [1.29, 1.82) is 0 Å². The predicted octanol–water partition coefficient (Wildman–Crippen LogP) is 3.86. The van der Waals surface area contributed by atoms with Gasteiger partial charge in [-0.3, -0.25) is 25.0 Å². The summed E-state index contributed by atoms with van der Waals surface area (Å²) in [4.78, 5) is 38.1. The Balaban J connectivity index is 1.79. The summed E-state index contributed by atoms with van der Waals surface area (Å²) in [6.07, 6.45) is 0. The number of benzene rings is 2. The zero-order chi connectivity index (χ0) is 20.3. The highest BCUT2D eigenvalue weighted by molar-refractivity contribution is 7.15. The maximum atomic E-state index is 12.4. The predicted molar refractivity (Wildman–Crippen MR) is 103 cm³/mol. The van der Waals surface area contributed by atoms with Crippen molar-refractivity contribution in [3.63, 3.8) is 0 Å². The SMILES string of the molecule is Cc1nc(-c2ccccc2)sc1CNC(=O)c1cc([N+](=O)[O-])cc([N+](=O)[O-])c1. The molecule has 0 unspecified atom stereocenters. The number of amides is 1. The van der Waals surface area contributed by atoms with E-state index in [-0.39, 0.29) is 12.1 Å². The van der Waals surface area contributed by atoms with Crippen LogP contribution in [0.15, 0.2) is 48.5 Å². The number of thiazole rings is 1. The van der Waals surface area contributed by atoms with Crippen molar-refractivity contribution in [2.24, 2.45) is 0 Å². The molecule has 0 saturated heterocycles. The molecule has 9 nitrogen and oxygen atoms in total. The van der Waals surface area contributed by atoms with E-state index in [1.807, 2.05) is 37.3 Å². The molecule has 1 N–H and O–H groups in total. The van der Waals surface area contributed by atoms with Crippen LogP contribution in [0.3, 0.4) is 0 Å². The molecule has 0 fully saturated rings. The van der Waals surface area contributed by atoms with Gasteiger partial charge in [-0.1, -0.05) is 30.3 Å². The second-order valence-corrected chi connectivity index (χ2v) is 6.91. The topological polar surface area (TPSA) is 128 Å². The monoisotopic (exact) mass is 398 g/mol. The lowest BCUT2D eigenvalue weighted by Crippen LogP contribution is -2.22. The van der Waals surface area contributed by atoms with E-state index in [0.29, 0.717) is 0 Å². The number of aromatic nitrogens is 1. The van der Waals surface area contributed by atoms with Crippen LogP contribution in [-0.2, 0) is 6.54 Å². The lowest BCUT2D eigenvalue weighted by atomic mass is 10.1. The molecule has 0 atom stereocenters. The summed E-state index contributed by atoms with van der Waals surface area (Å²) in [5.41, 5.74) is 0.544. The van der Waals surface area contributed by atoms with E-state index < -0.39 is 27.1 Å². The number of nitro benzene ring substituents is 2. The molecule has 142 valence electrons. The summed E-state index contributed by atoms with van der Waals surface area (Å²) in [6.45, 7) is 1.98. The van der Waals surface area contributed by atoms with Gasteiger partial charge in [0.15, 0.2) is 0 Å². The molecular weight excluding hydrogens is 384 g/mol. The normalized spacial score (nSPS) is 10.5. The Morgan fingerprint density at radius 1 is 1.07 bits per heavy atom. The molecular formula is C18H14N4O5S. The quantitative estimate of drug-likeness (QED) is 0.496. The fourth-order valence-corrected chi connectivity index (χ4v) is 3.50. The number of carbonyl (C=O) groups is 1. The van der Waals surface area contributed by atoms with Gasteiger partial charge in [-0.05, 0) is 6.92 Å². The molecule has 10 heteroatoms. The Morgan fingerprint density at radius 2 is 1.68 bits per heavy atom. The summed E-state index contributed by atoms with van der Waals surface area (Å²) < 4.78 is 0. The third-order valence-corrected chi connectivity index (χ3v) is 5.12. The molecule has 0 radical (unpaired) electrons. The van der Waals surface area contributed by atoms with Crippen LogP contribution >= 0.6 is 11.3 Å². The van der Waals surface area contributed by atoms with Crippen molar-refractivity contribution in [2.75, 3.05) is 0 Å². The largest absolute Gasteiger partial charge is 0.347 e. The molecule has 1 heterocycles. The molecule has 0 aliphatic carbocycles. The number of hydrogen-bond acceptors (Lipinski definition) is 7. The average molecular weight is 398 g/mol. The summed E-state index contributed by atoms with van der Waals surface area (Å²) in [6, 6.07) is 12.4. The summed E-state index contributed by atoms with van der Waals surface area (Å²) in [5, 5.41) is 25.4. The molecule has 1 aromatic heterocycles. The fraction of sp³-hybridized carbons (Fsp3) is 0.111. The van der Waals surface area contributed by atoms with Crippen LogP contribution in [0.4, 0.5) is 11.4 Å². The van der Waals surface area contributed by atoms with Crippen molar-refractivity contribution in [3.8, 4) is 10.6 Å². The standard InChI is InChI=1S/C18H14N4O5S/c1-11-16(28-18(20-11)12-5-3-2-4-6-12)10-19-17(23)13-7-14(21(24)25)9-15(8-13)22(26)27/h2-9H,10H2,1H3,(H,19,23). The third kappa shape index (κ3) is 4.18. The average Bonchev–Trinajstić information content (AvgIpc) is 3.07. The highest BCUT2D eigenvalue weighted by Crippen LogP contribution is 2.28. The number of hydrogen-bond donors (Lipinski definition) is 1. The van der Waals surface area contributed by atoms with Crippen molar-refractivity contribution >= 4 is 28.6 Å². The Morgan fingerprint density at radius 3 is 2.25 bits per heavy atom. The van der Waals surface area contributed by atoms with Crippen LogP contribution in [0.25, 0.3) is 10.6 Å². The zero-order valence-corrected chi connectivity index (χ0v) is 15.4. The first-order chi connectivity index (χ1) is 13.3. The van der Waals surface area contributed by atoms with Gasteiger partial charge in [0, 0.05) is 22.6 Å². The molecule has 0 aliphatic heterocycles. The van der Waals surface area contributed by atoms with Gasteiger partial charge in [0.05, 0.1) is 33.7 Å². The minimum atomic E-state index is -0.775. The third-order valence-electron chi connectivity index (χ3n) is 3.91. The van der Waals surface area contributed by atoms with E-state index in [1.165, 1.54) is 11.3 Å². The van der Waals surface area contributed by atoms with Crippen LogP contribution < -0.4 is 5.32 Å². The van der Waals surface area contributed by atoms with Gasteiger partial charge in [0.2, 0.25) is 0 Å². The Bertz CT molecular complexity index is 1030. The maximum Gasteiger partial charge on any atom is 0.277 e. The van der Waals surface area contributed by atoms with Gasteiger partial charge in [0.25, 0.3) is 17.3 Å². The van der Waals surface area contributed by atoms with Crippen LogP contribution in [0.1, 0.15) is 20.9 Å². The molecule has 3 rings (SSSR count). The molecule has 0 saturated carbocycles. The number of non-ortho nitro benzene ring substituents is 2. The highest BCUT2D eigenvalue weighted by Gasteiger charge is 2.20. The molecule has 3 aromatic rings. The molecule has 1 amide bonds. The van der Waals surface area contributed by atoms with Crippen LogP contribution in [0.5, 0.6) is 0 Å². The van der Waals surface area contributed by atoms with Crippen LogP contribution in [0.2, 0.25) is 0 Å². The minimum Gasteiger partial charge on any atom is -0.347 e. The molecule has 0 spiro atoms. The fourth-order valence-electron chi connectivity index (χ4n) is 2.50. The van der Waals surface area contributed by atoms with E-state index in [4.69, 9.17) is 0 Å². The van der Waals surface area contributed by atoms with E-state index in [9.17, 15) is 25.0 Å². The van der Waals surface area contributed by atoms with Crippen molar-refractivity contribution < 1.29 is 14.6 Å². The molecule has 28 heavy (non-hydrogen) atoms. The number of carbonyl (C=O) groups excluding carboxylic acids is 1. The van der Waals surface area contributed by atoms with E-state index in [1.54, 1.807) is 0 Å². The summed E-state index contributed by atoms with van der Waals surface area (Å²) in [5.74, 6) is -0.638. The zero-order valence-electron chi connectivity index (χ0n) is 14.6. The number of rotatable bonds is 6. The molecule has 0 aliphatic rings. The second-order valence-electron chi connectivity index (χ2n) is 5.83. The van der Waals surface area contributed by atoms with Gasteiger partial charge in [-0.25, -0.2) is 4.98 Å². The van der Waals surface area contributed by atoms with Gasteiger partial charge in [-0.2, -0.15) is 0 Å². The lowest BCUT2D eigenvalue weighted by molar-refractivity contribution is -0.394. The Labute approximate surface area is 163 Å². The van der Waals surface area contributed by atoms with E-state index >= 15 is 0 Å². The van der Waals surface area contributed by atoms with Crippen LogP contribution in [0, 0.1) is 27.2 Å². The first kappa shape index (κ1) is 19.1. The number of nitrogens with one attached hydrogen (secondary N) is 1. The van der Waals surface area contributed by atoms with Gasteiger partial charge >= 0.3 is 0 Å².